The van der Waals surface area contributed by atoms with Gasteiger partial charge in [0.2, 0.25) is 5.91 Å². The third-order valence-electron chi connectivity index (χ3n) is 4.93. The fourth-order valence-electron chi connectivity index (χ4n) is 3.60. The molecule has 0 saturated heterocycles. The minimum atomic E-state index is -0.472. The molecule has 1 aromatic carbocycles. The van der Waals surface area contributed by atoms with Crippen LogP contribution in [-0.4, -0.2) is 41.6 Å². The Morgan fingerprint density at radius 3 is 2.96 bits per heavy atom. The lowest BCUT2D eigenvalue weighted by atomic mass is 9.90. The first-order valence-electron chi connectivity index (χ1n) is 9.15. The summed E-state index contributed by atoms with van der Waals surface area (Å²) in [6.07, 6.45) is 9.83. The van der Waals surface area contributed by atoms with Crippen LogP contribution in [0.4, 0.5) is 11.4 Å². The summed E-state index contributed by atoms with van der Waals surface area (Å²) >= 11 is 0. The lowest BCUT2D eigenvalue weighted by Crippen LogP contribution is -2.39. The molecule has 27 heavy (non-hydrogen) atoms. The van der Waals surface area contributed by atoms with Gasteiger partial charge in [-0.2, -0.15) is 0 Å². The second-order valence-electron chi connectivity index (χ2n) is 6.98. The summed E-state index contributed by atoms with van der Waals surface area (Å²) in [5, 5.41) is 6.33. The first kappa shape index (κ1) is 17.3. The maximum Gasteiger partial charge on any atom is 0.256 e. The second-order valence-corrected chi connectivity index (χ2v) is 6.98. The molecular formula is C21H22N4O2. The fourth-order valence-corrected chi connectivity index (χ4v) is 3.60. The van der Waals surface area contributed by atoms with E-state index in [1.165, 1.54) is 0 Å². The smallest absolute Gasteiger partial charge is 0.256 e. The standard InChI is InChI=1S/C21H22N4O2/c1-3-4-9-25-12-16(15-7-8-22-20(15)21(25)27)14-5-6-17-18(11-14)23-13(2)10-19(26)24-17/h3-8,11-13,20,23H,9-10H2,1-2H3,(H,24,26)/b4-3+. The molecule has 2 N–H and O–H groups in total. The number of fused-ring (bicyclic) bond motifs is 2. The Bertz CT molecular complexity index is 926. The number of carbonyl (C=O) groups excluding carboxylic acids is 2. The third kappa shape index (κ3) is 3.18. The molecule has 3 heterocycles. The van der Waals surface area contributed by atoms with E-state index in [9.17, 15) is 9.59 Å². The summed E-state index contributed by atoms with van der Waals surface area (Å²) in [5.74, 6) is -0.000840. The normalized spacial score (nSPS) is 24.0. The summed E-state index contributed by atoms with van der Waals surface area (Å²) in [6.45, 7) is 4.45. The molecule has 0 aliphatic carbocycles. The van der Waals surface area contributed by atoms with Gasteiger partial charge in [0.25, 0.3) is 5.91 Å². The van der Waals surface area contributed by atoms with Gasteiger partial charge in [-0.05, 0) is 43.2 Å². The Kier molecular flexibility index (Phi) is 4.39. The van der Waals surface area contributed by atoms with Crippen molar-refractivity contribution in [3.05, 3.63) is 53.8 Å². The average Bonchev–Trinajstić information content (AvgIpc) is 3.07. The molecule has 138 valence electrons. The van der Waals surface area contributed by atoms with E-state index >= 15 is 0 Å². The van der Waals surface area contributed by atoms with Crippen LogP contribution < -0.4 is 10.6 Å². The van der Waals surface area contributed by atoms with Gasteiger partial charge in [-0.3, -0.25) is 14.6 Å². The lowest BCUT2D eigenvalue weighted by Gasteiger charge is -2.29. The SMILES string of the molecule is C/C=C/CN1C=C(c2ccc3c(c2)NC(C)CC(=O)N3)C2=CC=NC2C1=O. The predicted octanol–water partition coefficient (Wildman–Crippen LogP) is 2.97. The molecule has 2 atom stereocenters. The Balaban J connectivity index is 1.75. The molecule has 2 unspecified atom stereocenters. The Morgan fingerprint density at radius 1 is 1.30 bits per heavy atom. The second kappa shape index (κ2) is 6.87. The van der Waals surface area contributed by atoms with Crippen molar-refractivity contribution in [1.82, 2.24) is 4.90 Å². The number of hydrogen-bond donors (Lipinski definition) is 2. The zero-order valence-corrected chi connectivity index (χ0v) is 15.4. The monoisotopic (exact) mass is 362 g/mol. The first-order chi connectivity index (χ1) is 13.1. The summed E-state index contributed by atoms with van der Waals surface area (Å²) in [7, 11) is 0. The molecule has 0 fully saturated rings. The van der Waals surface area contributed by atoms with Crippen LogP contribution in [-0.2, 0) is 9.59 Å². The summed E-state index contributed by atoms with van der Waals surface area (Å²) in [5.41, 5.74) is 4.56. The van der Waals surface area contributed by atoms with Crippen molar-refractivity contribution < 1.29 is 9.59 Å². The van der Waals surface area contributed by atoms with Gasteiger partial charge in [-0.1, -0.05) is 18.2 Å². The van der Waals surface area contributed by atoms with Gasteiger partial charge in [-0.25, -0.2) is 0 Å². The minimum absolute atomic E-state index is 0.00784. The number of amides is 2. The number of rotatable bonds is 3. The molecule has 0 bridgehead atoms. The van der Waals surface area contributed by atoms with Crippen LogP contribution in [0.2, 0.25) is 0 Å². The number of aliphatic imine (C=N–C) groups is 1. The van der Waals surface area contributed by atoms with Crippen LogP contribution in [0.25, 0.3) is 5.57 Å². The lowest BCUT2D eigenvalue weighted by molar-refractivity contribution is -0.128. The van der Waals surface area contributed by atoms with E-state index in [-0.39, 0.29) is 17.9 Å². The number of anilines is 2. The Hall–Kier alpha value is -3.15. The summed E-state index contributed by atoms with van der Waals surface area (Å²) in [6, 6.07) is 5.50. The fraction of sp³-hybridized carbons (Fsp3) is 0.286. The van der Waals surface area contributed by atoms with Gasteiger partial charge in [0.15, 0.2) is 6.04 Å². The van der Waals surface area contributed by atoms with Crippen molar-refractivity contribution in [3.63, 3.8) is 0 Å². The minimum Gasteiger partial charge on any atom is -0.380 e. The quantitative estimate of drug-likeness (QED) is 0.812. The molecule has 0 saturated carbocycles. The molecule has 3 aliphatic rings. The summed E-state index contributed by atoms with van der Waals surface area (Å²) in [4.78, 5) is 30.7. The topological polar surface area (TPSA) is 73.8 Å². The van der Waals surface area contributed by atoms with Gasteiger partial charge in [0.05, 0.1) is 11.4 Å². The van der Waals surface area contributed by atoms with Crippen LogP contribution in [0.5, 0.6) is 0 Å². The predicted molar refractivity (Wildman–Crippen MR) is 108 cm³/mol. The molecular weight excluding hydrogens is 340 g/mol. The Morgan fingerprint density at radius 2 is 2.15 bits per heavy atom. The van der Waals surface area contributed by atoms with Crippen molar-refractivity contribution in [2.75, 3.05) is 17.2 Å². The zero-order chi connectivity index (χ0) is 19.0. The molecule has 2 amide bonds. The maximum atomic E-state index is 12.7. The number of nitrogens with zero attached hydrogens (tertiary/aromatic N) is 2. The van der Waals surface area contributed by atoms with Crippen molar-refractivity contribution in [2.45, 2.75) is 32.4 Å². The number of nitrogens with one attached hydrogen (secondary N) is 2. The van der Waals surface area contributed by atoms with Crippen LogP contribution >= 0.6 is 0 Å². The molecule has 0 aromatic heterocycles. The van der Waals surface area contributed by atoms with Crippen LogP contribution in [0, 0.1) is 0 Å². The number of allylic oxidation sites excluding steroid dienone is 2. The largest absolute Gasteiger partial charge is 0.380 e. The maximum absolute atomic E-state index is 12.7. The molecule has 0 spiro atoms. The van der Waals surface area contributed by atoms with Crippen molar-refractivity contribution in [1.29, 1.82) is 0 Å². The highest BCUT2D eigenvalue weighted by atomic mass is 16.2. The van der Waals surface area contributed by atoms with Crippen LogP contribution in [0.15, 0.2) is 53.2 Å². The molecule has 0 radical (unpaired) electrons. The van der Waals surface area contributed by atoms with E-state index in [0.29, 0.717) is 13.0 Å². The number of carbonyl (C=O) groups is 2. The van der Waals surface area contributed by atoms with Gasteiger partial charge in [0.1, 0.15) is 0 Å². The van der Waals surface area contributed by atoms with Crippen molar-refractivity contribution in [2.24, 2.45) is 4.99 Å². The summed E-state index contributed by atoms with van der Waals surface area (Å²) < 4.78 is 0. The van der Waals surface area contributed by atoms with Crippen molar-refractivity contribution in [3.8, 4) is 0 Å². The van der Waals surface area contributed by atoms with Gasteiger partial charge < -0.3 is 15.5 Å². The van der Waals surface area contributed by atoms with Gasteiger partial charge in [-0.15, -0.1) is 0 Å². The van der Waals surface area contributed by atoms with E-state index in [2.05, 4.69) is 15.6 Å². The zero-order valence-electron chi connectivity index (χ0n) is 15.4. The van der Waals surface area contributed by atoms with Gasteiger partial charge in [0, 0.05) is 37.0 Å². The van der Waals surface area contributed by atoms with Gasteiger partial charge >= 0.3 is 0 Å². The average molecular weight is 362 g/mol. The van der Waals surface area contributed by atoms with E-state index in [1.807, 2.05) is 56.5 Å². The Labute approximate surface area is 158 Å². The number of benzene rings is 1. The molecule has 6 nitrogen and oxygen atoms in total. The third-order valence-corrected chi connectivity index (χ3v) is 4.93. The number of hydrogen-bond acceptors (Lipinski definition) is 4. The van der Waals surface area contributed by atoms with Crippen LogP contribution in [0.1, 0.15) is 25.8 Å². The van der Waals surface area contributed by atoms with Crippen molar-refractivity contribution >= 4 is 35.0 Å². The highest BCUT2D eigenvalue weighted by Gasteiger charge is 2.35. The van der Waals surface area contributed by atoms with E-state index in [4.69, 9.17) is 0 Å². The van der Waals surface area contributed by atoms with E-state index < -0.39 is 6.04 Å². The molecule has 4 rings (SSSR count). The molecule has 3 aliphatic heterocycles. The van der Waals surface area contributed by atoms with E-state index in [0.717, 1.165) is 28.1 Å². The molecule has 1 aromatic rings. The first-order valence-corrected chi connectivity index (χ1v) is 9.15. The molecule has 6 heteroatoms. The highest BCUT2D eigenvalue weighted by molar-refractivity contribution is 6.05. The van der Waals surface area contributed by atoms with Crippen LogP contribution in [0.3, 0.4) is 0 Å². The highest BCUT2D eigenvalue weighted by Crippen LogP contribution is 2.37. The van der Waals surface area contributed by atoms with E-state index in [1.54, 1.807) is 11.1 Å².